The third kappa shape index (κ3) is 4.24. The molecule has 0 spiro atoms. The number of nitrogens with zero attached hydrogens (tertiary/aromatic N) is 2. The first kappa shape index (κ1) is 18.0. The van der Waals surface area contributed by atoms with Crippen LogP contribution in [0.2, 0.25) is 0 Å². The summed E-state index contributed by atoms with van der Waals surface area (Å²) in [5.41, 5.74) is 0.441. The molecule has 0 aromatic heterocycles. The van der Waals surface area contributed by atoms with Crippen molar-refractivity contribution in [2.24, 2.45) is 0 Å². The van der Waals surface area contributed by atoms with Crippen LogP contribution in [-0.4, -0.2) is 55.9 Å². The smallest absolute Gasteiger partial charge is 0.406 e. The van der Waals surface area contributed by atoms with Crippen molar-refractivity contribution >= 4 is 11.6 Å². The molecule has 0 saturated carbocycles. The molecule has 0 aliphatic carbocycles. The van der Waals surface area contributed by atoms with E-state index in [4.69, 9.17) is 0 Å². The number of hydrogen-bond acceptors (Lipinski definition) is 4. The lowest BCUT2D eigenvalue weighted by atomic mass is 10.0. The summed E-state index contributed by atoms with van der Waals surface area (Å²) in [6.45, 7) is 2.19. The van der Waals surface area contributed by atoms with Crippen molar-refractivity contribution in [1.82, 2.24) is 10.2 Å². The maximum atomic E-state index is 12.8. The van der Waals surface area contributed by atoms with Gasteiger partial charge in [-0.25, -0.2) is 0 Å². The zero-order valence-corrected chi connectivity index (χ0v) is 14.1. The van der Waals surface area contributed by atoms with Crippen LogP contribution in [0.15, 0.2) is 24.3 Å². The van der Waals surface area contributed by atoms with Crippen molar-refractivity contribution in [3.63, 3.8) is 0 Å². The van der Waals surface area contributed by atoms with Gasteiger partial charge in [0.1, 0.15) is 5.75 Å². The first-order valence-electron chi connectivity index (χ1n) is 8.46. The average Bonchev–Trinajstić information content (AvgIpc) is 2.95. The summed E-state index contributed by atoms with van der Waals surface area (Å²) in [7, 11) is 1.92. The molecule has 1 N–H and O–H groups in total. The summed E-state index contributed by atoms with van der Waals surface area (Å²) in [6.07, 6.45) is -1.94. The lowest BCUT2D eigenvalue weighted by Gasteiger charge is -2.35. The molecule has 8 heteroatoms. The van der Waals surface area contributed by atoms with Crippen molar-refractivity contribution in [3.05, 3.63) is 24.3 Å². The minimum Gasteiger partial charge on any atom is -0.406 e. The molecule has 0 radical (unpaired) electrons. The summed E-state index contributed by atoms with van der Waals surface area (Å²) in [5.74, 6) is -0.365. The summed E-state index contributed by atoms with van der Waals surface area (Å²) < 4.78 is 41.1. The number of hydrogen-bond donors (Lipinski definition) is 1. The SMILES string of the molecule is CNC1CCCN(C2CCN(c3cccc(OC(F)(F)F)c3)C2=O)C1. The summed E-state index contributed by atoms with van der Waals surface area (Å²) in [5, 5.41) is 3.25. The highest BCUT2D eigenvalue weighted by Crippen LogP contribution is 2.30. The first-order chi connectivity index (χ1) is 11.9. The Hall–Kier alpha value is -1.80. The number of anilines is 1. The van der Waals surface area contributed by atoms with E-state index in [-0.39, 0.29) is 17.7 Å². The Labute approximate surface area is 144 Å². The Morgan fingerprint density at radius 3 is 2.76 bits per heavy atom. The number of alkyl halides is 3. The fourth-order valence-electron chi connectivity index (χ4n) is 3.63. The number of carbonyl (C=O) groups excluding carboxylic acids is 1. The largest absolute Gasteiger partial charge is 0.573 e. The second-order valence-electron chi connectivity index (χ2n) is 6.46. The molecule has 2 fully saturated rings. The summed E-state index contributed by atoms with van der Waals surface area (Å²) in [4.78, 5) is 16.5. The molecule has 0 bridgehead atoms. The maximum Gasteiger partial charge on any atom is 0.573 e. The molecule has 1 aromatic carbocycles. The second-order valence-corrected chi connectivity index (χ2v) is 6.46. The highest BCUT2D eigenvalue weighted by molar-refractivity contribution is 5.99. The van der Waals surface area contributed by atoms with Crippen LogP contribution >= 0.6 is 0 Å². The van der Waals surface area contributed by atoms with Crippen molar-refractivity contribution in [1.29, 1.82) is 0 Å². The van der Waals surface area contributed by atoms with Crippen molar-refractivity contribution in [2.45, 2.75) is 37.7 Å². The van der Waals surface area contributed by atoms with E-state index in [1.165, 1.54) is 18.2 Å². The Balaban J connectivity index is 1.70. The van der Waals surface area contributed by atoms with E-state index in [0.29, 0.717) is 24.7 Å². The molecule has 2 unspecified atom stereocenters. The van der Waals surface area contributed by atoms with Gasteiger partial charge in [0.25, 0.3) is 0 Å². The van der Waals surface area contributed by atoms with Gasteiger partial charge in [0, 0.05) is 30.9 Å². The van der Waals surface area contributed by atoms with E-state index in [1.807, 2.05) is 7.05 Å². The van der Waals surface area contributed by atoms with E-state index in [9.17, 15) is 18.0 Å². The molecular weight excluding hydrogens is 335 g/mol. The van der Waals surface area contributed by atoms with Gasteiger partial charge in [0.2, 0.25) is 5.91 Å². The topological polar surface area (TPSA) is 44.8 Å². The number of carbonyl (C=O) groups is 1. The third-order valence-electron chi connectivity index (χ3n) is 4.84. The van der Waals surface area contributed by atoms with E-state index >= 15 is 0 Å². The molecule has 2 heterocycles. The van der Waals surface area contributed by atoms with Gasteiger partial charge in [-0.15, -0.1) is 13.2 Å². The predicted molar refractivity (Wildman–Crippen MR) is 87.5 cm³/mol. The fourth-order valence-corrected chi connectivity index (χ4v) is 3.63. The molecule has 3 rings (SSSR count). The van der Waals surface area contributed by atoms with Crippen LogP contribution in [0.5, 0.6) is 5.75 Å². The van der Waals surface area contributed by atoms with Crippen LogP contribution in [0.3, 0.4) is 0 Å². The van der Waals surface area contributed by atoms with E-state index < -0.39 is 6.36 Å². The number of halogens is 3. The van der Waals surface area contributed by atoms with Crippen LogP contribution in [0.25, 0.3) is 0 Å². The maximum absolute atomic E-state index is 12.8. The van der Waals surface area contributed by atoms with E-state index in [2.05, 4.69) is 15.0 Å². The van der Waals surface area contributed by atoms with Crippen molar-refractivity contribution in [3.8, 4) is 5.75 Å². The van der Waals surface area contributed by atoms with Crippen LogP contribution in [0.1, 0.15) is 19.3 Å². The molecule has 5 nitrogen and oxygen atoms in total. The Bertz CT molecular complexity index is 623. The molecule has 25 heavy (non-hydrogen) atoms. The van der Waals surface area contributed by atoms with Crippen molar-refractivity contribution in [2.75, 3.05) is 31.6 Å². The molecule has 1 amide bonds. The molecular formula is C17H22F3N3O2. The molecule has 2 saturated heterocycles. The first-order valence-corrected chi connectivity index (χ1v) is 8.46. The molecule has 2 atom stereocenters. The zero-order chi connectivity index (χ0) is 18.0. The van der Waals surface area contributed by atoms with Gasteiger partial charge in [-0.3, -0.25) is 9.69 Å². The van der Waals surface area contributed by atoms with Gasteiger partial charge in [0.15, 0.2) is 0 Å². The van der Waals surface area contributed by atoms with Crippen molar-refractivity contribution < 1.29 is 22.7 Å². The monoisotopic (exact) mass is 357 g/mol. The van der Waals surface area contributed by atoms with Crippen LogP contribution < -0.4 is 15.0 Å². The number of likely N-dealkylation sites (N-methyl/N-ethyl adjacent to an activating group) is 1. The molecule has 2 aliphatic rings. The predicted octanol–water partition coefficient (Wildman–Crippen LogP) is 2.37. The van der Waals surface area contributed by atoms with Gasteiger partial charge < -0.3 is 15.0 Å². The average molecular weight is 357 g/mol. The zero-order valence-electron chi connectivity index (χ0n) is 14.1. The number of piperidine rings is 1. The minimum absolute atomic E-state index is 0.0547. The summed E-state index contributed by atoms with van der Waals surface area (Å²) >= 11 is 0. The van der Waals surface area contributed by atoms with Gasteiger partial charge in [-0.05, 0) is 45.0 Å². The molecule has 2 aliphatic heterocycles. The van der Waals surface area contributed by atoms with Gasteiger partial charge >= 0.3 is 6.36 Å². The Morgan fingerprint density at radius 2 is 2.04 bits per heavy atom. The van der Waals surface area contributed by atoms with E-state index in [0.717, 1.165) is 25.9 Å². The fraction of sp³-hybridized carbons (Fsp3) is 0.588. The molecule has 138 valence electrons. The third-order valence-corrected chi connectivity index (χ3v) is 4.84. The highest BCUT2D eigenvalue weighted by Gasteiger charge is 2.38. The van der Waals surface area contributed by atoms with E-state index in [1.54, 1.807) is 11.0 Å². The second kappa shape index (κ2) is 7.21. The van der Waals surface area contributed by atoms with Crippen LogP contribution in [-0.2, 0) is 4.79 Å². The highest BCUT2D eigenvalue weighted by atomic mass is 19.4. The number of likely N-dealkylation sites (tertiary alicyclic amines) is 1. The quantitative estimate of drug-likeness (QED) is 0.899. The standard InChI is InChI=1S/C17H22F3N3O2/c1-21-12-4-3-8-22(11-12)15-7-9-23(16(15)24)13-5-2-6-14(10-13)25-17(18,19)20/h2,5-6,10,12,15,21H,3-4,7-9,11H2,1H3. The lowest BCUT2D eigenvalue weighted by molar-refractivity contribution is -0.274. The normalized spacial score (nSPS) is 25.4. The van der Waals surface area contributed by atoms with Crippen LogP contribution in [0, 0.1) is 0 Å². The lowest BCUT2D eigenvalue weighted by Crippen LogP contribution is -2.51. The van der Waals surface area contributed by atoms with Gasteiger partial charge in [-0.1, -0.05) is 6.07 Å². The molecule has 1 aromatic rings. The number of ether oxygens (including phenoxy) is 1. The number of rotatable bonds is 4. The Kier molecular flexibility index (Phi) is 5.19. The summed E-state index contributed by atoms with van der Waals surface area (Å²) in [6, 6.07) is 5.77. The number of nitrogens with one attached hydrogen (secondary N) is 1. The number of amides is 1. The number of benzene rings is 1. The minimum atomic E-state index is -4.74. The van der Waals surface area contributed by atoms with Gasteiger partial charge in [0.05, 0.1) is 6.04 Å². The Morgan fingerprint density at radius 1 is 1.24 bits per heavy atom. The van der Waals surface area contributed by atoms with Gasteiger partial charge in [-0.2, -0.15) is 0 Å². The van der Waals surface area contributed by atoms with Crippen LogP contribution in [0.4, 0.5) is 18.9 Å².